The third kappa shape index (κ3) is 1.22. The fraction of sp³-hybridized carbons (Fsp3) is 0.929. The van der Waals surface area contributed by atoms with Crippen LogP contribution in [-0.2, 0) is 9.53 Å². The van der Waals surface area contributed by atoms with E-state index in [-0.39, 0.29) is 23.4 Å². The van der Waals surface area contributed by atoms with Gasteiger partial charge < -0.3 is 4.74 Å². The average molecular weight is 222 g/mol. The average Bonchev–Trinajstić information content (AvgIpc) is 2.98. The van der Waals surface area contributed by atoms with E-state index in [0.29, 0.717) is 5.41 Å². The van der Waals surface area contributed by atoms with Gasteiger partial charge in [0.05, 0.1) is 5.92 Å². The first-order valence-corrected chi connectivity index (χ1v) is 6.65. The Bertz CT molecular complexity index is 330. The van der Waals surface area contributed by atoms with Crippen LogP contribution < -0.4 is 0 Å². The van der Waals surface area contributed by atoms with Crippen LogP contribution in [0.15, 0.2) is 0 Å². The van der Waals surface area contributed by atoms with Crippen LogP contribution in [-0.4, -0.2) is 12.1 Å². The summed E-state index contributed by atoms with van der Waals surface area (Å²) in [5.74, 6) is 1.08. The molecule has 3 atom stereocenters. The molecule has 0 aromatic heterocycles. The second-order valence-electron chi connectivity index (χ2n) is 6.81. The lowest BCUT2D eigenvalue weighted by atomic mass is 9.70. The minimum atomic E-state index is 0.0783. The van der Waals surface area contributed by atoms with E-state index in [2.05, 4.69) is 20.8 Å². The zero-order valence-corrected chi connectivity index (χ0v) is 10.6. The summed E-state index contributed by atoms with van der Waals surface area (Å²) >= 11 is 0. The van der Waals surface area contributed by atoms with Crippen LogP contribution in [0, 0.1) is 22.7 Å². The fourth-order valence-corrected chi connectivity index (χ4v) is 3.86. The van der Waals surface area contributed by atoms with Crippen molar-refractivity contribution in [3.63, 3.8) is 0 Å². The van der Waals surface area contributed by atoms with Gasteiger partial charge in [0.1, 0.15) is 6.10 Å². The Balaban J connectivity index is 1.76. The SMILES string of the molecule is CC1(C)[C@H]2CC[C@]1(C)[C@@H](OC(=O)C1CC1)C2. The van der Waals surface area contributed by atoms with Crippen LogP contribution in [0.1, 0.15) is 52.9 Å². The third-order valence-electron chi connectivity index (χ3n) is 5.88. The van der Waals surface area contributed by atoms with Gasteiger partial charge in [-0.1, -0.05) is 20.8 Å². The van der Waals surface area contributed by atoms with Gasteiger partial charge in [-0.15, -0.1) is 0 Å². The van der Waals surface area contributed by atoms with Crippen LogP contribution >= 0.6 is 0 Å². The van der Waals surface area contributed by atoms with E-state index in [9.17, 15) is 4.79 Å². The Kier molecular flexibility index (Phi) is 2.01. The minimum absolute atomic E-state index is 0.0783. The summed E-state index contributed by atoms with van der Waals surface area (Å²) < 4.78 is 5.77. The number of hydrogen-bond donors (Lipinski definition) is 0. The number of carbonyl (C=O) groups excluding carboxylic acids is 1. The maximum atomic E-state index is 11.8. The highest BCUT2D eigenvalue weighted by Crippen LogP contribution is 2.66. The van der Waals surface area contributed by atoms with Crippen molar-refractivity contribution in [2.24, 2.45) is 22.7 Å². The first kappa shape index (κ1) is 10.6. The van der Waals surface area contributed by atoms with Crippen molar-refractivity contribution in [1.82, 2.24) is 0 Å². The molecule has 2 nitrogen and oxygen atoms in total. The minimum Gasteiger partial charge on any atom is -0.462 e. The van der Waals surface area contributed by atoms with Crippen molar-refractivity contribution >= 4 is 5.97 Å². The molecule has 3 rings (SSSR count). The predicted octanol–water partition coefficient (Wildman–Crippen LogP) is 3.15. The summed E-state index contributed by atoms with van der Waals surface area (Å²) in [6.45, 7) is 7.04. The van der Waals surface area contributed by atoms with Gasteiger partial charge >= 0.3 is 5.97 Å². The standard InChI is InChI=1S/C14H22O2/c1-13(2)10-6-7-14(13,3)11(8-10)16-12(15)9-4-5-9/h9-11H,4-8H2,1-3H3/t10-,11-,14+/m0/s1. The maximum Gasteiger partial charge on any atom is 0.309 e. The van der Waals surface area contributed by atoms with Crippen LogP contribution in [0.2, 0.25) is 0 Å². The molecule has 0 radical (unpaired) electrons. The molecule has 0 aliphatic heterocycles. The summed E-state index contributed by atoms with van der Waals surface area (Å²) in [6, 6.07) is 0. The molecular weight excluding hydrogens is 200 g/mol. The van der Waals surface area contributed by atoms with E-state index in [1.54, 1.807) is 0 Å². The first-order valence-electron chi connectivity index (χ1n) is 6.65. The summed E-state index contributed by atoms with van der Waals surface area (Å²) in [5, 5.41) is 0. The lowest BCUT2D eigenvalue weighted by Crippen LogP contribution is -2.38. The molecule has 2 bridgehead atoms. The predicted molar refractivity (Wildman–Crippen MR) is 61.8 cm³/mol. The molecule has 0 spiro atoms. The van der Waals surface area contributed by atoms with Crippen molar-refractivity contribution in [2.75, 3.05) is 0 Å². The zero-order chi connectivity index (χ0) is 11.6. The highest BCUT2D eigenvalue weighted by Gasteiger charge is 2.63. The van der Waals surface area contributed by atoms with E-state index >= 15 is 0 Å². The monoisotopic (exact) mass is 222 g/mol. The van der Waals surface area contributed by atoms with Gasteiger partial charge in [-0.2, -0.15) is 0 Å². The number of esters is 1. The second-order valence-corrected chi connectivity index (χ2v) is 6.81. The highest BCUT2D eigenvalue weighted by atomic mass is 16.5. The van der Waals surface area contributed by atoms with E-state index in [1.165, 1.54) is 12.8 Å². The second kappa shape index (κ2) is 3.02. The fourth-order valence-electron chi connectivity index (χ4n) is 3.86. The maximum absolute atomic E-state index is 11.8. The van der Waals surface area contributed by atoms with E-state index in [0.717, 1.165) is 25.2 Å². The van der Waals surface area contributed by atoms with E-state index in [4.69, 9.17) is 4.74 Å². The van der Waals surface area contributed by atoms with Crippen molar-refractivity contribution in [2.45, 2.75) is 59.0 Å². The molecule has 0 saturated heterocycles. The highest BCUT2D eigenvalue weighted by molar-refractivity contribution is 5.75. The molecule has 0 unspecified atom stereocenters. The number of carbonyl (C=O) groups is 1. The van der Waals surface area contributed by atoms with Gasteiger partial charge in [0.15, 0.2) is 0 Å². The zero-order valence-electron chi connectivity index (χ0n) is 10.6. The quantitative estimate of drug-likeness (QED) is 0.671. The molecule has 3 fully saturated rings. The Hall–Kier alpha value is -0.530. The Morgan fingerprint density at radius 2 is 1.88 bits per heavy atom. The van der Waals surface area contributed by atoms with Crippen LogP contribution in [0.5, 0.6) is 0 Å². The van der Waals surface area contributed by atoms with Crippen LogP contribution in [0.25, 0.3) is 0 Å². The van der Waals surface area contributed by atoms with Gasteiger partial charge in [0, 0.05) is 5.41 Å². The Morgan fingerprint density at radius 3 is 2.31 bits per heavy atom. The normalized spacial score (nSPS) is 44.7. The number of fused-ring (bicyclic) bond motifs is 2. The van der Waals surface area contributed by atoms with Gasteiger partial charge in [0.25, 0.3) is 0 Å². The van der Waals surface area contributed by atoms with Gasteiger partial charge in [-0.05, 0) is 43.4 Å². The topological polar surface area (TPSA) is 26.3 Å². The van der Waals surface area contributed by atoms with Crippen molar-refractivity contribution in [3.05, 3.63) is 0 Å². The number of ether oxygens (including phenoxy) is 1. The molecule has 0 aromatic rings. The third-order valence-corrected chi connectivity index (χ3v) is 5.88. The largest absolute Gasteiger partial charge is 0.462 e. The molecule has 0 amide bonds. The van der Waals surface area contributed by atoms with E-state index < -0.39 is 0 Å². The van der Waals surface area contributed by atoms with Gasteiger partial charge in [-0.3, -0.25) is 4.79 Å². The molecule has 0 aromatic carbocycles. The van der Waals surface area contributed by atoms with Crippen molar-refractivity contribution in [3.8, 4) is 0 Å². The summed E-state index contributed by atoms with van der Waals surface area (Å²) in [6.07, 6.45) is 5.94. The van der Waals surface area contributed by atoms with Crippen LogP contribution in [0.3, 0.4) is 0 Å². The lowest BCUT2D eigenvalue weighted by Gasteiger charge is -2.38. The lowest BCUT2D eigenvalue weighted by molar-refractivity contribution is -0.158. The van der Waals surface area contributed by atoms with Crippen molar-refractivity contribution < 1.29 is 9.53 Å². The molecule has 3 aliphatic rings. The summed E-state index contributed by atoms with van der Waals surface area (Å²) in [7, 11) is 0. The van der Waals surface area contributed by atoms with Gasteiger partial charge in [0.2, 0.25) is 0 Å². The molecule has 16 heavy (non-hydrogen) atoms. The van der Waals surface area contributed by atoms with E-state index in [1.807, 2.05) is 0 Å². The molecular formula is C14H22O2. The summed E-state index contributed by atoms with van der Waals surface area (Å²) in [4.78, 5) is 11.8. The first-order chi connectivity index (χ1) is 7.45. The molecule has 90 valence electrons. The Labute approximate surface area is 97.7 Å². The smallest absolute Gasteiger partial charge is 0.309 e. The molecule has 3 aliphatic carbocycles. The molecule has 2 heteroatoms. The molecule has 0 N–H and O–H groups in total. The Morgan fingerprint density at radius 1 is 1.19 bits per heavy atom. The van der Waals surface area contributed by atoms with Crippen LogP contribution in [0.4, 0.5) is 0 Å². The number of hydrogen-bond acceptors (Lipinski definition) is 2. The van der Waals surface area contributed by atoms with Crippen molar-refractivity contribution in [1.29, 1.82) is 0 Å². The summed E-state index contributed by atoms with van der Waals surface area (Å²) in [5.41, 5.74) is 0.573. The molecule has 0 heterocycles. The van der Waals surface area contributed by atoms with Gasteiger partial charge in [-0.25, -0.2) is 0 Å². The number of rotatable bonds is 2. The molecule has 3 saturated carbocycles.